The highest BCUT2D eigenvalue weighted by molar-refractivity contribution is 6.10. The van der Waals surface area contributed by atoms with Gasteiger partial charge < -0.3 is 28.3 Å². The van der Waals surface area contributed by atoms with Crippen LogP contribution in [-0.2, 0) is 20.8 Å². The van der Waals surface area contributed by atoms with Crippen LogP contribution in [0.1, 0.15) is 28.8 Å². The number of carbonyl (C=O) groups excluding carboxylic acids is 2. The van der Waals surface area contributed by atoms with Crippen LogP contribution in [0.15, 0.2) is 95.4 Å². The van der Waals surface area contributed by atoms with Gasteiger partial charge in [-0.15, -0.1) is 0 Å². The van der Waals surface area contributed by atoms with Crippen molar-refractivity contribution in [3.05, 3.63) is 112 Å². The molecule has 2 aromatic carbocycles. The molecule has 1 N–H and O–H groups in total. The van der Waals surface area contributed by atoms with Gasteiger partial charge in [-0.25, -0.2) is 0 Å². The third-order valence-electron chi connectivity index (χ3n) is 6.65. The molecule has 1 aliphatic carbocycles. The summed E-state index contributed by atoms with van der Waals surface area (Å²) in [4.78, 5) is 40.1. The summed E-state index contributed by atoms with van der Waals surface area (Å²) >= 11 is 0. The minimum absolute atomic E-state index is 0.00549. The number of amides is 1. The van der Waals surface area contributed by atoms with Crippen molar-refractivity contribution < 1.29 is 33.3 Å². The molecule has 0 atom stereocenters. The van der Waals surface area contributed by atoms with Gasteiger partial charge in [-0.05, 0) is 48.7 Å². The van der Waals surface area contributed by atoms with Crippen molar-refractivity contribution in [2.24, 2.45) is 0 Å². The Labute approximate surface area is 228 Å². The van der Waals surface area contributed by atoms with Crippen LogP contribution in [0.3, 0.4) is 0 Å². The quantitative estimate of drug-likeness (QED) is 0.447. The molecular formula is C30H24N2O8. The number of fused-ring (bicyclic) bond motifs is 2. The van der Waals surface area contributed by atoms with E-state index in [2.05, 4.69) is 11.4 Å². The zero-order valence-corrected chi connectivity index (χ0v) is 21.5. The monoisotopic (exact) mass is 540 g/mol. The summed E-state index contributed by atoms with van der Waals surface area (Å²) in [6, 6.07) is 9.59. The second kappa shape index (κ2) is 10.5. The molecule has 2 aliphatic heterocycles. The lowest BCUT2D eigenvalue weighted by molar-refractivity contribution is -0.121. The predicted octanol–water partition coefficient (Wildman–Crippen LogP) is 4.05. The number of rotatable bonds is 7. The first-order chi connectivity index (χ1) is 19.5. The Morgan fingerprint density at radius 2 is 1.88 bits per heavy atom. The number of ketones is 1. The number of allylic oxidation sites excluding steroid dienone is 4. The van der Waals surface area contributed by atoms with Crippen LogP contribution in [-0.4, -0.2) is 30.2 Å². The van der Waals surface area contributed by atoms with E-state index >= 15 is 0 Å². The number of nitrogens with one attached hydrogen (secondary N) is 1. The van der Waals surface area contributed by atoms with Gasteiger partial charge in [0, 0.05) is 17.8 Å². The van der Waals surface area contributed by atoms with Crippen molar-refractivity contribution in [1.82, 2.24) is 9.88 Å². The maximum atomic E-state index is 13.5. The molecule has 0 bridgehead atoms. The van der Waals surface area contributed by atoms with Gasteiger partial charge in [0.05, 0.1) is 23.6 Å². The van der Waals surface area contributed by atoms with E-state index in [0.29, 0.717) is 34.1 Å². The second-order valence-corrected chi connectivity index (χ2v) is 9.19. The van der Waals surface area contributed by atoms with E-state index in [-0.39, 0.29) is 30.2 Å². The summed E-state index contributed by atoms with van der Waals surface area (Å²) in [6.45, 7) is -0.226. The fourth-order valence-corrected chi connectivity index (χ4v) is 4.63. The minimum atomic E-state index is -0.488. The Kier molecular flexibility index (Phi) is 6.57. The highest BCUT2D eigenvalue weighted by atomic mass is 16.7. The number of hydrogen-bond donors (Lipinski definition) is 1. The van der Waals surface area contributed by atoms with Crippen molar-refractivity contribution in [2.45, 2.75) is 19.4 Å². The van der Waals surface area contributed by atoms with E-state index in [1.165, 1.54) is 36.5 Å². The first-order valence-electron chi connectivity index (χ1n) is 12.6. The van der Waals surface area contributed by atoms with Crippen molar-refractivity contribution in [3.8, 4) is 17.2 Å². The lowest BCUT2D eigenvalue weighted by Crippen LogP contribution is -2.30. The Hall–Kier alpha value is -5.25. The molecule has 0 spiro atoms. The van der Waals surface area contributed by atoms with Crippen LogP contribution in [0.25, 0.3) is 10.9 Å². The molecule has 0 saturated heterocycles. The van der Waals surface area contributed by atoms with Gasteiger partial charge in [-0.3, -0.25) is 19.7 Å². The highest BCUT2D eigenvalue weighted by Gasteiger charge is 2.23. The Bertz CT molecular complexity index is 1710. The number of nitrogens with zero attached hydrogens (tertiary/aromatic N) is 1. The third-order valence-corrected chi connectivity index (χ3v) is 6.65. The van der Waals surface area contributed by atoms with Gasteiger partial charge in [0.25, 0.3) is 0 Å². The number of benzene rings is 2. The summed E-state index contributed by atoms with van der Waals surface area (Å²) in [5.41, 5.74) is 1.08. The molecule has 3 heterocycles. The van der Waals surface area contributed by atoms with Crippen molar-refractivity contribution in [2.75, 3.05) is 13.9 Å². The van der Waals surface area contributed by atoms with E-state index in [4.69, 9.17) is 23.7 Å². The molecule has 0 fully saturated rings. The van der Waals surface area contributed by atoms with Gasteiger partial charge in [0.15, 0.2) is 29.3 Å². The smallest absolute Gasteiger partial charge is 0.246 e. The lowest BCUT2D eigenvalue weighted by Gasteiger charge is -2.20. The average Bonchev–Trinajstić information content (AvgIpc) is 3.46. The molecule has 3 aromatic rings. The molecule has 0 saturated carbocycles. The fraction of sp³-hybridized carbons (Fsp3) is 0.167. The zero-order valence-electron chi connectivity index (χ0n) is 21.5. The van der Waals surface area contributed by atoms with Gasteiger partial charge in [0.1, 0.15) is 18.6 Å². The van der Waals surface area contributed by atoms with E-state index in [9.17, 15) is 14.4 Å². The molecule has 40 heavy (non-hydrogen) atoms. The minimum Gasteiger partial charge on any atom is -0.497 e. The van der Waals surface area contributed by atoms with Crippen LogP contribution in [0.5, 0.6) is 17.2 Å². The van der Waals surface area contributed by atoms with Crippen LogP contribution in [0.4, 0.5) is 0 Å². The summed E-state index contributed by atoms with van der Waals surface area (Å²) in [5, 5.41) is 2.91. The van der Waals surface area contributed by atoms with Crippen LogP contribution in [0.2, 0.25) is 0 Å². The number of pyridine rings is 1. The van der Waals surface area contributed by atoms with Crippen LogP contribution in [0, 0.1) is 0 Å². The average molecular weight is 541 g/mol. The summed E-state index contributed by atoms with van der Waals surface area (Å²) in [7, 11) is 1.52. The second-order valence-electron chi connectivity index (χ2n) is 9.19. The molecule has 1 aromatic heterocycles. The Morgan fingerprint density at radius 1 is 1.07 bits per heavy atom. The molecule has 1 amide bonds. The predicted molar refractivity (Wildman–Crippen MR) is 144 cm³/mol. The Balaban J connectivity index is 1.31. The molecule has 10 nitrogen and oxygen atoms in total. The van der Waals surface area contributed by atoms with Crippen molar-refractivity contribution >= 4 is 22.6 Å². The molecule has 6 rings (SSSR count). The van der Waals surface area contributed by atoms with Gasteiger partial charge in [-0.1, -0.05) is 18.2 Å². The van der Waals surface area contributed by atoms with E-state index in [1.807, 2.05) is 12.2 Å². The van der Waals surface area contributed by atoms with Crippen LogP contribution >= 0.6 is 0 Å². The van der Waals surface area contributed by atoms with Crippen molar-refractivity contribution in [1.29, 1.82) is 0 Å². The largest absolute Gasteiger partial charge is 0.497 e. The zero-order chi connectivity index (χ0) is 27.6. The summed E-state index contributed by atoms with van der Waals surface area (Å²) in [5.74, 6) is 1.09. The van der Waals surface area contributed by atoms with E-state index < -0.39 is 17.1 Å². The number of methoxy groups -OCH3 is 1. The first kappa shape index (κ1) is 25.1. The topological polar surface area (TPSA) is 114 Å². The van der Waals surface area contributed by atoms with E-state index in [0.717, 1.165) is 18.4 Å². The number of hydrogen-bond acceptors (Lipinski definition) is 8. The molecule has 0 unspecified atom stereocenters. The number of ether oxygens (including phenoxy) is 5. The highest BCUT2D eigenvalue weighted by Crippen LogP contribution is 2.35. The van der Waals surface area contributed by atoms with Gasteiger partial charge >= 0.3 is 0 Å². The maximum Gasteiger partial charge on any atom is 0.246 e. The number of aromatic nitrogens is 1. The molecule has 3 aliphatic rings. The first-order valence-corrected chi connectivity index (χ1v) is 12.6. The third kappa shape index (κ3) is 4.82. The van der Waals surface area contributed by atoms with Gasteiger partial charge in [0.2, 0.25) is 24.0 Å². The fourth-order valence-electron chi connectivity index (χ4n) is 4.63. The Morgan fingerprint density at radius 3 is 2.62 bits per heavy atom. The van der Waals surface area contributed by atoms with E-state index in [1.54, 1.807) is 30.3 Å². The standard InChI is InChI=1S/C30H24N2O8/c1-36-20-9-7-19(8-10-20)29(34)22-13-32(23-12-25-24(38-17-39-25)11-21(23)30(22)35)14-27(33)31-28-16-37-15-26(40-28)18-5-3-2-4-6-18/h2-3,5,7-13,15-16H,4,6,14,17H2,1H3,(H,31,33). The summed E-state index contributed by atoms with van der Waals surface area (Å²) < 4.78 is 28.9. The molecular weight excluding hydrogens is 516 g/mol. The maximum absolute atomic E-state index is 13.5. The van der Waals surface area contributed by atoms with Crippen molar-refractivity contribution in [3.63, 3.8) is 0 Å². The van der Waals surface area contributed by atoms with Crippen LogP contribution < -0.4 is 25.0 Å². The SMILES string of the molecule is COc1ccc(C(=O)c2cn(CC(=O)NC3=COC=C(C4=CC=CCC4)O3)c3cc4c(cc3c2=O)OCO4)cc1. The molecule has 202 valence electrons. The lowest BCUT2D eigenvalue weighted by atomic mass is 10.0. The molecule has 0 radical (unpaired) electrons. The number of carbonyl (C=O) groups is 2. The molecule has 10 heteroatoms. The van der Waals surface area contributed by atoms with Gasteiger partial charge in [-0.2, -0.15) is 0 Å². The summed E-state index contributed by atoms with van der Waals surface area (Å²) in [6.07, 6.45) is 11.8. The normalized spacial score (nSPS) is 15.4.